The quantitative estimate of drug-likeness (QED) is 0.533. The molecule has 0 aromatic heterocycles. The van der Waals surface area contributed by atoms with E-state index in [0.29, 0.717) is 0 Å². The maximum absolute atomic E-state index is 5.50. The third-order valence-electron chi connectivity index (χ3n) is 3.13. The van der Waals surface area contributed by atoms with E-state index in [1.54, 1.807) is 6.08 Å². The summed E-state index contributed by atoms with van der Waals surface area (Å²) in [5.74, 6) is 0. The molecule has 0 heterocycles. The molecule has 0 aliphatic carbocycles. The smallest absolute Gasteiger partial charge is 0.0314 e. The molecular formula is C22H25N. The Morgan fingerprint density at radius 2 is 1.61 bits per heavy atom. The van der Waals surface area contributed by atoms with Crippen LogP contribution in [-0.2, 0) is 0 Å². The van der Waals surface area contributed by atoms with Crippen LogP contribution in [0.2, 0.25) is 0 Å². The molecule has 0 atom stereocenters. The highest BCUT2D eigenvalue weighted by Gasteiger charge is 1.92. The van der Waals surface area contributed by atoms with Crippen molar-refractivity contribution >= 4 is 17.3 Å². The second kappa shape index (κ2) is 10.9. The summed E-state index contributed by atoms with van der Waals surface area (Å²) in [5, 5.41) is 0. The number of nitrogen functional groups attached to an aromatic ring is 1. The van der Waals surface area contributed by atoms with Crippen LogP contribution in [0.15, 0.2) is 91.6 Å². The third kappa shape index (κ3) is 7.14. The van der Waals surface area contributed by atoms with Gasteiger partial charge in [0.25, 0.3) is 0 Å². The molecule has 23 heavy (non-hydrogen) atoms. The summed E-state index contributed by atoms with van der Waals surface area (Å²) in [6.07, 6.45) is 11.9. The van der Waals surface area contributed by atoms with E-state index in [9.17, 15) is 0 Å². The van der Waals surface area contributed by atoms with Gasteiger partial charge in [0.15, 0.2) is 0 Å². The summed E-state index contributed by atoms with van der Waals surface area (Å²) >= 11 is 0. The molecule has 118 valence electrons. The molecule has 0 saturated heterocycles. The van der Waals surface area contributed by atoms with Crippen LogP contribution >= 0.6 is 0 Å². The average molecular weight is 303 g/mol. The average Bonchev–Trinajstić information content (AvgIpc) is 2.59. The fourth-order valence-corrected chi connectivity index (χ4v) is 1.96. The molecule has 2 rings (SSSR count). The van der Waals surface area contributed by atoms with E-state index in [1.165, 1.54) is 16.7 Å². The van der Waals surface area contributed by atoms with Crippen molar-refractivity contribution in [1.82, 2.24) is 0 Å². The molecule has 0 spiro atoms. The molecule has 0 saturated carbocycles. The number of nitrogens with two attached hydrogens (primary N) is 1. The lowest BCUT2D eigenvalue weighted by molar-refractivity contribution is 1.59. The monoisotopic (exact) mass is 303 g/mol. The Morgan fingerprint density at radius 3 is 2.13 bits per heavy atom. The van der Waals surface area contributed by atoms with E-state index in [4.69, 9.17) is 5.73 Å². The minimum atomic E-state index is 0.813. The van der Waals surface area contributed by atoms with E-state index < -0.39 is 0 Å². The van der Waals surface area contributed by atoms with Gasteiger partial charge in [-0.05, 0) is 42.7 Å². The zero-order valence-corrected chi connectivity index (χ0v) is 13.9. The highest BCUT2D eigenvalue weighted by molar-refractivity contribution is 5.73. The van der Waals surface area contributed by atoms with Crippen LogP contribution in [0.4, 0.5) is 5.69 Å². The van der Waals surface area contributed by atoms with Gasteiger partial charge in [0.1, 0.15) is 0 Å². The molecule has 0 amide bonds. The van der Waals surface area contributed by atoms with E-state index in [1.807, 2.05) is 74.5 Å². The summed E-state index contributed by atoms with van der Waals surface area (Å²) in [6.45, 7) is 7.68. The zero-order valence-electron chi connectivity index (χ0n) is 13.9. The van der Waals surface area contributed by atoms with E-state index in [0.717, 1.165) is 5.69 Å². The normalized spacial score (nSPS) is 11.3. The molecule has 0 aliphatic rings. The minimum absolute atomic E-state index is 0.813. The minimum Gasteiger partial charge on any atom is -0.399 e. The van der Waals surface area contributed by atoms with Crippen LogP contribution in [0.5, 0.6) is 0 Å². The highest BCUT2D eigenvalue weighted by atomic mass is 14.5. The largest absolute Gasteiger partial charge is 0.399 e. The van der Waals surface area contributed by atoms with E-state index in [2.05, 4.69) is 30.9 Å². The van der Waals surface area contributed by atoms with Gasteiger partial charge in [-0.1, -0.05) is 85.5 Å². The lowest BCUT2D eigenvalue weighted by Crippen LogP contribution is -1.82. The molecule has 0 radical (unpaired) electrons. The second-order valence-electron chi connectivity index (χ2n) is 4.87. The lowest BCUT2D eigenvalue weighted by atomic mass is 10.1. The molecule has 2 aromatic rings. The molecule has 2 aromatic carbocycles. The van der Waals surface area contributed by atoms with Crippen LogP contribution < -0.4 is 5.73 Å². The molecule has 0 fully saturated rings. The van der Waals surface area contributed by atoms with Crippen molar-refractivity contribution in [3.05, 3.63) is 103 Å². The molecule has 0 unspecified atom stereocenters. The van der Waals surface area contributed by atoms with Crippen molar-refractivity contribution in [3.8, 4) is 0 Å². The van der Waals surface area contributed by atoms with Gasteiger partial charge in [0.2, 0.25) is 0 Å². The van der Waals surface area contributed by atoms with Crippen LogP contribution in [-0.4, -0.2) is 0 Å². The van der Waals surface area contributed by atoms with Gasteiger partial charge in [-0.25, -0.2) is 0 Å². The molecule has 2 N–H and O–H groups in total. The number of allylic oxidation sites excluding steroid dienone is 6. The van der Waals surface area contributed by atoms with Crippen molar-refractivity contribution in [1.29, 1.82) is 0 Å². The van der Waals surface area contributed by atoms with Crippen LogP contribution in [0, 0.1) is 0 Å². The van der Waals surface area contributed by atoms with Crippen molar-refractivity contribution < 1.29 is 0 Å². The molecule has 1 heteroatoms. The van der Waals surface area contributed by atoms with Crippen LogP contribution in [0.3, 0.4) is 0 Å². The summed E-state index contributed by atoms with van der Waals surface area (Å²) in [7, 11) is 0. The van der Waals surface area contributed by atoms with E-state index >= 15 is 0 Å². The highest BCUT2D eigenvalue weighted by Crippen LogP contribution is 2.14. The molecule has 0 bridgehead atoms. The number of rotatable bonds is 4. The third-order valence-corrected chi connectivity index (χ3v) is 3.13. The maximum Gasteiger partial charge on any atom is 0.0314 e. The first kappa shape index (κ1) is 18.2. The molecule has 0 aliphatic heterocycles. The predicted molar refractivity (Wildman–Crippen MR) is 105 cm³/mol. The summed E-state index contributed by atoms with van der Waals surface area (Å²) < 4.78 is 0. The lowest BCUT2D eigenvalue weighted by Gasteiger charge is -1.99. The Hall–Kier alpha value is -2.80. The first-order valence-electron chi connectivity index (χ1n) is 7.70. The summed E-state index contributed by atoms with van der Waals surface area (Å²) in [4.78, 5) is 0. The second-order valence-corrected chi connectivity index (χ2v) is 4.87. The Balaban J connectivity index is 0.000000238. The summed E-state index contributed by atoms with van der Waals surface area (Å²) in [5.41, 5.74) is 9.96. The first-order valence-corrected chi connectivity index (χ1v) is 7.70. The van der Waals surface area contributed by atoms with Crippen LogP contribution in [0.1, 0.15) is 25.0 Å². The van der Waals surface area contributed by atoms with Crippen molar-refractivity contribution in [2.75, 3.05) is 5.73 Å². The Bertz CT molecular complexity index is 659. The number of hydrogen-bond donors (Lipinski definition) is 1. The van der Waals surface area contributed by atoms with E-state index in [-0.39, 0.29) is 0 Å². The predicted octanol–water partition coefficient (Wildman–Crippen LogP) is 6.13. The van der Waals surface area contributed by atoms with Gasteiger partial charge >= 0.3 is 0 Å². The number of hydrogen-bond acceptors (Lipinski definition) is 1. The van der Waals surface area contributed by atoms with Gasteiger partial charge in [-0.2, -0.15) is 0 Å². The maximum atomic E-state index is 5.50. The Morgan fingerprint density at radius 1 is 0.957 bits per heavy atom. The van der Waals surface area contributed by atoms with Gasteiger partial charge in [0.05, 0.1) is 0 Å². The fraction of sp³-hybridized carbons (Fsp3) is 0.0909. The molecule has 1 nitrogen and oxygen atoms in total. The number of anilines is 1. The van der Waals surface area contributed by atoms with Crippen LogP contribution in [0.25, 0.3) is 11.6 Å². The van der Waals surface area contributed by atoms with Gasteiger partial charge in [-0.15, -0.1) is 0 Å². The Kier molecular flexibility index (Phi) is 8.62. The topological polar surface area (TPSA) is 26.0 Å². The SMILES string of the molecule is C/C=C/c1ccc(N)cc1.C=C/C=C\C(=C/C)c1ccccc1. The standard InChI is InChI=1S/C13H14.C9H11N/c1-3-5-9-12(4-2)13-10-7-6-8-11-13;1-2-3-8-4-6-9(10)7-5-8/h3-11H,1H2,2H3;2-7H,10H2,1H3/b9-5-,12-4+;3-2+. The fourth-order valence-electron chi connectivity index (χ4n) is 1.96. The van der Waals surface area contributed by atoms with Crippen molar-refractivity contribution in [2.24, 2.45) is 0 Å². The van der Waals surface area contributed by atoms with Gasteiger partial charge in [0, 0.05) is 5.69 Å². The van der Waals surface area contributed by atoms with Gasteiger partial charge < -0.3 is 5.73 Å². The van der Waals surface area contributed by atoms with Crippen molar-refractivity contribution in [3.63, 3.8) is 0 Å². The van der Waals surface area contributed by atoms with Gasteiger partial charge in [-0.3, -0.25) is 0 Å². The Labute approximate surface area is 140 Å². The summed E-state index contributed by atoms with van der Waals surface area (Å²) in [6, 6.07) is 18.1. The zero-order chi connectivity index (χ0) is 16.9. The molecular weight excluding hydrogens is 278 g/mol. The first-order chi connectivity index (χ1) is 11.2. The number of benzene rings is 2. The van der Waals surface area contributed by atoms with Crippen molar-refractivity contribution in [2.45, 2.75) is 13.8 Å².